The van der Waals surface area contributed by atoms with Gasteiger partial charge in [0, 0.05) is 56.9 Å². The highest BCUT2D eigenvalue weighted by Crippen LogP contribution is 2.37. The molecule has 1 aliphatic heterocycles. The Morgan fingerprint density at radius 2 is 1.63 bits per heavy atom. The van der Waals surface area contributed by atoms with Crippen LogP contribution in [0.1, 0.15) is 63.0 Å². The van der Waals surface area contributed by atoms with Crippen LogP contribution in [-0.4, -0.2) is 77.7 Å². The number of likely N-dealkylation sites (N-methyl/N-ethyl adjacent to an activating group) is 1. The van der Waals surface area contributed by atoms with Crippen LogP contribution < -0.4 is 10.6 Å². The van der Waals surface area contributed by atoms with Crippen LogP contribution in [-0.2, 0) is 31.5 Å². The molecule has 2 atom stereocenters. The zero-order chi connectivity index (χ0) is 33.4. The molecule has 3 amide bonds. The van der Waals surface area contributed by atoms with Crippen molar-refractivity contribution in [3.8, 4) is 5.75 Å². The zero-order valence-electron chi connectivity index (χ0n) is 26.4. The summed E-state index contributed by atoms with van der Waals surface area (Å²) in [6.07, 6.45) is 3.19. The van der Waals surface area contributed by atoms with Crippen LogP contribution in [0.4, 0.5) is 18.9 Å². The van der Waals surface area contributed by atoms with Gasteiger partial charge >= 0.3 is 5.92 Å². The number of aromatic hydroxyl groups is 1. The van der Waals surface area contributed by atoms with Crippen molar-refractivity contribution in [1.82, 2.24) is 15.1 Å². The van der Waals surface area contributed by atoms with Crippen LogP contribution in [0.2, 0.25) is 0 Å². The fourth-order valence-electron chi connectivity index (χ4n) is 6.16. The first-order valence-corrected chi connectivity index (χ1v) is 16.0. The first-order valence-electron chi connectivity index (χ1n) is 16.0. The van der Waals surface area contributed by atoms with Gasteiger partial charge in [0.15, 0.2) is 0 Å². The number of Topliss-reactive ketones (excluding diaryl/α,β-unsaturated/α-hetero) is 1. The fraction of sp³-hybridized carbons (Fsp3) is 0.529. The van der Waals surface area contributed by atoms with E-state index in [2.05, 4.69) is 15.5 Å². The predicted molar refractivity (Wildman–Crippen MR) is 167 cm³/mol. The first-order chi connectivity index (χ1) is 21.9. The van der Waals surface area contributed by atoms with Crippen molar-refractivity contribution in [3.05, 3.63) is 59.4 Å². The maximum absolute atomic E-state index is 15.4. The highest BCUT2D eigenvalue weighted by molar-refractivity contribution is 5.97. The molecule has 1 heterocycles. The molecule has 0 bridgehead atoms. The summed E-state index contributed by atoms with van der Waals surface area (Å²) in [5, 5.41) is 14.7. The van der Waals surface area contributed by atoms with Crippen molar-refractivity contribution in [3.63, 3.8) is 0 Å². The van der Waals surface area contributed by atoms with Gasteiger partial charge in [-0.1, -0.05) is 32.3 Å². The summed E-state index contributed by atoms with van der Waals surface area (Å²) < 4.78 is 45.6. The molecule has 0 aromatic heterocycles. The number of phenolic OH excluding ortho intramolecular Hbond substituents is 1. The minimum absolute atomic E-state index is 0.0353. The van der Waals surface area contributed by atoms with E-state index in [-0.39, 0.29) is 42.0 Å². The SMILES string of the molecule is CCC(=O)N[C@H](Cc1ccc(NC(=O)[C@@H](CC(=O)C(F)(F)c2ccc(O)cc2)C2CCCCC2)c(F)c1)C(=O)N1CCN(C)CC1. The number of benzene rings is 2. The second kappa shape index (κ2) is 15.6. The monoisotopic (exact) mass is 644 g/mol. The average Bonchev–Trinajstić information content (AvgIpc) is 3.04. The minimum Gasteiger partial charge on any atom is -0.508 e. The second-order valence-electron chi connectivity index (χ2n) is 12.4. The topological polar surface area (TPSA) is 119 Å². The van der Waals surface area contributed by atoms with Gasteiger partial charge in [0.05, 0.1) is 5.69 Å². The lowest BCUT2D eigenvalue weighted by Crippen LogP contribution is -2.54. The molecule has 2 aromatic carbocycles. The second-order valence-corrected chi connectivity index (χ2v) is 12.4. The molecule has 0 radical (unpaired) electrons. The van der Waals surface area contributed by atoms with Crippen molar-refractivity contribution in [2.45, 2.75) is 70.3 Å². The quantitative estimate of drug-likeness (QED) is 0.310. The highest BCUT2D eigenvalue weighted by atomic mass is 19.3. The van der Waals surface area contributed by atoms with Gasteiger partial charge in [-0.3, -0.25) is 19.2 Å². The number of amides is 3. The van der Waals surface area contributed by atoms with E-state index in [1.165, 1.54) is 12.1 Å². The van der Waals surface area contributed by atoms with Gasteiger partial charge in [0.25, 0.3) is 0 Å². The summed E-state index contributed by atoms with van der Waals surface area (Å²) >= 11 is 0. The van der Waals surface area contributed by atoms with Gasteiger partial charge in [0.2, 0.25) is 23.5 Å². The smallest absolute Gasteiger partial charge is 0.330 e. The van der Waals surface area contributed by atoms with E-state index in [1.54, 1.807) is 17.9 Å². The normalized spacial score (nSPS) is 17.6. The lowest BCUT2D eigenvalue weighted by molar-refractivity contribution is -0.147. The van der Waals surface area contributed by atoms with Crippen LogP contribution in [0, 0.1) is 17.7 Å². The number of piperazine rings is 1. The Morgan fingerprint density at radius 3 is 2.24 bits per heavy atom. The Bertz CT molecular complexity index is 1390. The molecule has 2 aromatic rings. The van der Waals surface area contributed by atoms with Gasteiger partial charge < -0.3 is 25.5 Å². The molecule has 0 spiro atoms. The minimum atomic E-state index is -3.88. The summed E-state index contributed by atoms with van der Waals surface area (Å²) in [7, 11) is 1.96. The van der Waals surface area contributed by atoms with Crippen LogP contribution in [0.25, 0.3) is 0 Å². The number of phenols is 1. The Hall–Kier alpha value is -3.93. The third kappa shape index (κ3) is 8.86. The number of rotatable bonds is 12. The molecule has 3 N–H and O–H groups in total. The van der Waals surface area contributed by atoms with Gasteiger partial charge in [-0.25, -0.2) is 4.39 Å². The van der Waals surface area contributed by atoms with Crippen molar-refractivity contribution < 1.29 is 37.5 Å². The third-order valence-electron chi connectivity index (χ3n) is 9.04. The molecule has 250 valence electrons. The number of carbonyl (C=O) groups is 4. The van der Waals surface area contributed by atoms with E-state index in [4.69, 9.17) is 0 Å². The predicted octanol–water partition coefficient (Wildman–Crippen LogP) is 4.63. The van der Waals surface area contributed by atoms with Gasteiger partial charge in [-0.15, -0.1) is 0 Å². The zero-order valence-corrected chi connectivity index (χ0v) is 26.4. The van der Waals surface area contributed by atoms with Gasteiger partial charge in [-0.05, 0) is 67.8 Å². The number of alkyl halides is 2. The van der Waals surface area contributed by atoms with E-state index >= 15 is 13.2 Å². The number of nitrogens with zero attached hydrogens (tertiary/aromatic N) is 2. The maximum atomic E-state index is 15.4. The molecule has 1 aliphatic carbocycles. The number of halogens is 3. The summed E-state index contributed by atoms with van der Waals surface area (Å²) in [6.45, 7) is 4.10. The first kappa shape index (κ1) is 34.9. The molecule has 0 unspecified atom stereocenters. The molecule has 2 fully saturated rings. The molecule has 1 saturated carbocycles. The lowest BCUT2D eigenvalue weighted by Gasteiger charge is -2.34. The Kier molecular flexibility index (Phi) is 11.8. The van der Waals surface area contributed by atoms with Crippen molar-refractivity contribution in [2.75, 3.05) is 38.5 Å². The van der Waals surface area contributed by atoms with E-state index in [1.807, 2.05) is 7.05 Å². The van der Waals surface area contributed by atoms with Crippen molar-refractivity contribution in [2.24, 2.45) is 11.8 Å². The van der Waals surface area contributed by atoms with Gasteiger partial charge in [0.1, 0.15) is 17.6 Å². The van der Waals surface area contributed by atoms with Crippen LogP contribution in [0.5, 0.6) is 5.75 Å². The largest absolute Gasteiger partial charge is 0.508 e. The summed E-state index contributed by atoms with van der Waals surface area (Å²) in [4.78, 5) is 55.7. The molecule has 12 heteroatoms. The standard InChI is InChI=1S/C34H43F3N4O5/c1-3-31(44)38-29(33(46)41-17-15-40(2)16-18-41)20-22-9-14-28(27(35)19-22)39-32(45)26(23-7-5-4-6-8-23)21-30(43)34(36,37)24-10-12-25(42)13-11-24/h9-14,19,23,26,29,42H,3-8,15-18,20-21H2,1-2H3,(H,38,44)(H,39,45)/t26-,29+/m0/s1. The highest BCUT2D eigenvalue weighted by Gasteiger charge is 2.44. The van der Waals surface area contributed by atoms with Crippen LogP contribution in [0.3, 0.4) is 0 Å². The number of carbonyl (C=O) groups excluding carboxylic acids is 4. The van der Waals surface area contributed by atoms with E-state index < -0.39 is 47.4 Å². The molecular weight excluding hydrogens is 601 g/mol. The maximum Gasteiger partial charge on any atom is 0.330 e. The Labute approximate surface area is 267 Å². The lowest BCUT2D eigenvalue weighted by atomic mass is 9.76. The molecule has 46 heavy (non-hydrogen) atoms. The van der Waals surface area contributed by atoms with E-state index in [0.717, 1.165) is 43.5 Å². The van der Waals surface area contributed by atoms with E-state index in [0.29, 0.717) is 44.6 Å². The fourth-order valence-corrected chi connectivity index (χ4v) is 6.16. The van der Waals surface area contributed by atoms with Crippen molar-refractivity contribution >= 4 is 29.2 Å². The number of nitrogens with one attached hydrogen (secondary N) is 2. The molecule has 4 rings (SSSR count). The Balaban J connectivity index is 1.48. The summed E-state index contributed by atoms with van der Waals surface area (Å²) in [5.74, 6) is -9.00. The molecule has 2 aliphatic rings. The van der Waals surface area contributed by atoms with Crippen LogP contribution in [0.15, 0.2) is 42.5 Å². The molecular formula is C34H43F3N4O5. The third-order valence-corrected chi connectivity index (χ3v) is 9.04. The number of ketones is 1. The number of anilines is 1. The van der Waals surface area contributed by atoms with E-state index in [9.17, 15) is 24.3 Å². The molecule has 1 saturated heterocycles. The summed E-state index contributed by atoms with van der Waals surface area (Å²) in [6, 6.07) is 7.23. The average molecular weight is 645 g/mol. The van der Waals surface area contributed by atoms with Crippen molar-refractivity contribution in [1.29, 1.82) is 0 Å². The number of hydrogen-bond donors (Lipinski definition) is 3. The Morgan fingerprint density at radius 1 is 0.978 bits per heavy atom. The summed E-state index contributed by atoms with van der Waals surface area (Å²) in [5.41, 5.74) is -0.335. The molecule has 9 nitrogen and oxygen atoms in total. The van der Waals surface area contributed by atoms with Crippen LogP contribution >= 0.6 is 0 Å². The van der Waals surface area contributed by atoms with Gasteiger partial charge in [-0.2, -0.15) is 8.78 Å². The number of hydrogen-bond acceptors (Lipinski definition) is 6.